The highest BCUT2D eigenvalue weighted by atomic mass is 35.5. The number of ether oxygens (including phenoxy) is 1. The van der Waals surface area contributed by atoms with E-state index in [1.165, 1.54) is 18.6 Å². The van der Waals surface area contributed by atoms with Crippen molar-refractivity contribution in [2.75, 3.05) is 14.2 Å². The summed E-state index contributed by atoms with van der Waals surface area (Å²) in [5.41, 5.74) is 2.89. The second-order valence-electron chi connectivity index (χ2n) is 5.13. The summed E-state index contributed by atoms with van der Waals surface area (Å²) in [7, 11) is 3.30. The largest absolute Gasteiger partial charge is 0.481 e. The number of carbonyl (C=O) groups excluding carboxylic acids is 1. The molecular weight excluding hydrogens is 336 g/mol. The lowest BCUT2D eigenvalue weighted by Gasteiger charge is -2.00. The number of allylic oxidation sites excluding steroid dienone is 2. The third-order valence-electron chi connectivity index (χ3n) is 3.25. The van der Waals surface area contributed by atoms with Gasteiger partial charge in [-0.05, 0) is 43.2 Å². The number of hydrogen-bond acceptors (Lipinski definition) is 4. The topological polar surface area (TPSA) is 51.6 Å². The summed E-state index contributed by atoms with van der Waals surface area (Å²) in [6, 6.07) is 11.3. The monoisotopic (exact) mass is 358 g/mol. The fourth-order valence-corrected chi connectivity index (χ4v) is 2.08. The molecule has 132 valence electrons. The summed E-state index contributed by atoms with van der Waals surface area (Å²) in [5.74, 6) is 0.676. The van der Waals surface area contributed by atoms with Gasteiger partial charge in [0.05, 0.1) is 12.8 Å². The van der Waals surface area contributed by atoms with Gasteiger partial charge >= 0.3 is 0 Å². The van der Waals surface area contributed by atoms with Gasteiger partial charge in [-0.3, -0.25) is 9.79 Å². The minimum atomic E-state index is -0.00169. The number of carbonyl (C=O) groups is 1. The molecule has 2 rings (SSSR count). The molecule has 0 saturated carbocycles. The Hall–Kier alpha value is -2.46. The number of hydrogen-bond donors (Lipinski definition) is 0. The highest BCUT2D eigenvalue weighted by Gasteiger charge is 1.99. The smallest absolute Gasteiger partial charge is 0.212 e. The minimum absolute atomic E-state index is 0.00169. The van der Waals surface area contributed by atoms with Crippen LogP contribution in [-0.4, -0.2) is 30.6 Å². The van der Waals surface area contributed by atoms with E-state index in [2.05, 4.69) is 16.9 Å². The average Bonchev–Trinajstić information content (AvgIpc) is 2.63. The van der Waals surface area contributed by atoms with Crippen molar-refractivity contribution < 1.29 is 9.53 Å². The lowest BCUT2D eigenvalue weighted by Crippen LogP contribution is -1.97. The number of aryl methyl sites for hydroxylation is 1. The van der Waals surface area contributed by atoms with Crippen LogP contribution in [0, 0.1) is 0 Å². The molecule has 1 aromatic heterocycles. The molecule has 0 aliphatic carbocycles. The molecule has 2 aromatic rings. The quantitative estimate of drug-likeness (QED) is 0.581. The van der Waals surface area contributed by atoms with Gasteiger partial charge < -0.3 is 4.74 Å². The first-order chi connectivity index (χ1) is 12.0. The van der Waals surface area contributed by atoms with Gasteiger partial charge in [-0.1, -0.05) is 36.7 Å². The summed E-state index contributed by atoms with van der Waals surface area (Å²) in [5, 5.41) is 0.657. The molecule has 0 atom stereocenters. The van der Waals surface area contributed by atoms with Crippen LogP contribution in [0.15, 0.2) is 59.7 Å². The fraction of sp³-hybridized carbons (Fsp3) is 0.250. The number of methoxy groups -OCH3 is 1. The zero-order valence-corrected chi connectivity index (χ0v) is 15.7. The van der Waals surface area contributed by atoms with Crippen LogP contribution in [0.25, 0.3) is 0 Å². The number of aliphatic imine (C=N–C) groups is 1. The van der Waals surface area contributed by atoms with Gasteiger partial charge in [0, 0.05) is 29.9 Å². The van der Waals surface area contributed by atoms with E-state index in [0.717, 1.165) is 17.7 Å². The van der Waals surface area contributed by atoms with E-state index in [9.17, 15) is 4.79 Å². The standard InChI is InChI=1S/C12H12ClNO.C8H11NO/c1-9(15)6-7-12(14-2)10-4-3-5-11(13)8-10;1-3-7-4-5-8(10-2)9-6-7/h3-8H,1-2H3;4-6H,3H2,1-2H3/b7-6-,14-12?;. The van der Waals surface area contributed by atoms with Crippen LogP contribution in [0.1, 0.15) is 25.0 Å². The molecule has 0 aliphatic heterocycles. The number of benzene rings is 1. The Bertz CT molecular complexity index is 715. The SMILES string of the molecule is CCc1ccc(OC)nc1.CN=C(/C=C\C(C)=O)c1cccc(Cl)c1. The summed E-state index contributed by atoms with van der Waals surface area (Å²) in [6.45, 7) is 3.60. The first kappa shape index (κ1) is 20.6. The summed E-state index contributed by atoms with van der Waals surface area (Å²) in [6.07, 6.45) is 6.03. The molecule has 1 aromatic carbocycles. The first-order valence-electron chi connectivity index (χ1n) is 7.90. The fourth-order valence-electron chi connectivity index (χ4n) is 1.88. The molecule has 0 aliphatic rings. The van der Waals surface area contributed by atoms with Crippen molar-refractivity contribution in [1.82, 2.24) is 4.98 Å². The van der Waals surface area contributed by atoms with Crippen molar-refractivity contribution >= 4 is 23.1 Å². The minimum Gasteiger partial charge on any atom is -0.481 e. The Labute approximate surface area is 154 Å². The number of nitrogens with zero attached hydrogens (tertiary/aromatic N) is 2. The van der Waals surface area contributed by atoms with Crippen LogP contribution >= 0.6 is 11.6 Å². The molecule has 25 heavy (non-hydrogen) atoms. The van der Waals surface area contributed by atoms with Gasteiger partial charge in [0.1, 0.15) is 0 Å². The molecule has 0 fully saturated rings. The molecule has 4 nitrogen and oxygen atoms in total. The van der Waals surface area contributed by atoms with E-state index in [0.29, 0.717) is 10.9 Å². The van der Waals surface area contributed by atoms with Crippen molar-refractivity contribution in [3.63, 3.8) is 0 Å². The van der Waals surface area contributed by atoms with Gasteiger partial charge in [0.25, 0.3) is 0 Å². The lowest BCUT2D eigenvalue weighted by molar-refractivity contribution is -0.112. The van der Waals surface area contributed by atoms with Crippen molar-refractivity contribution in [1.29, 1.82) is 0 Å². The molecule has 0 amide bonds. The third kappa shape index (κ3) is 7.77. The van der Waals surface area contributed by atoms with Gasteiger partial charge in [0.15, 0.2) is 5.78 Å². The third-order valence-corrected chi connectivity index (χ3v) is 3.49. The van der Waals surface area contributed by atoms with Crippen LogP contribution in [0.5, 0.6) is 5.88 Å². The predicted octanol–water partition coefficient (Wildman–Crippen LogP) is 4.56. The lowest BCUT2D eigenvalue weighted by atomic mass is 10.1. The van der Waals surface area contributed by atoms with Gasteiger partial charge in [0.2, 0.25) is 5.88 Å². The number of aromatic nitrogens is 1. The van der Waals surface area contributed by atoms with Gasteiger partial charge in [-0.15, -0.1) is 0 Å². The average molecular weight is 359 g/mol. The molecule has 0 saturated heterocycles. The molecular formula is C20H23ClN2O2. The maximum atomic E-state index is 10.8. The van der Waals surface area contributed by atoms with E-state index in [-0.39, 0.29) is 5.78 Å². The summed E-state index contributed by atoms with van der Waals surface area (Å²) < 4.78 is 4.90. The molecule has 0 N–H and O–H groups in total. The number of rotatable bonds is 5. The molecule has 5 heteroatoms. The Kier molecular flexibility index (Phi) is 9.19. The maximum Gasteiger partial charge on any atom is 0.212 e. The van der Waals surface area contributed by atoms with Crippen molar-refractivity contribution in [2.24, 2.45) is 4.99 Å². The Balaban J connectivity index is 0.000000271. The number of halogens is 1. The molecule has 0 radical (unpaired) electrons. The molecule has 0 unspecified atom stereocenters. The highest BCUT2D eigenvalue weighted by molar-refractivity contribution is 6.31. The predicted molar refractivity (Wildman–Crippen MR) is 104 cm³/mol. The van der Waals surface area contributed by atoms with E-state index < -0.39 is 0 Å². The van der Waals surface area contributed by atoms with E-state index in [1.807, 2.05) is 36.5 Å². The molecule has 0 bridgehead atoms. The Morgan fingerprint density at radius 2 is 2.04 bits per heavy atom. The highest BCUT2D eigenvalue weighted by Crippen LogP contribution is 2.12. The van der Waals surface area contributed by atoms with Crippen molar-refractivity contribution in [3.8, 4) is 5.88 Å². The summed E-state index contributed by atoms with van der Waals surface area (Å²) in [4.78, 5) is 18.9. The van der Waals surface area contributed by atoms with Crippen LogP contribution in [0.3, 0.4) is 0 Å². The molecule has 1 heterocycles. The van der Waals surface area contributed by atoms with E-state index >= 15 is 0 Å². The van der Waals surface area contributed by atoms with Crippen molar-refractivity contribution in [2.45, 2.75) is 20.3 Å². The van der Waals surface area contributed by atoms with Gasteiger partial charge in [-0.25, -0.2) is 4.98 Å². The second-order valence-corrected chi connectivity index (χ2v) is 5.56. The normalized spacial score (nSPS) is 11.0. The number of pyridine rings is 1. The van der Waals surface area contributed by atoms with E-state index in [1.54, 1.807) is 26.3 Å². The Morgan fingerprint density at radius 1 is 1.28 bits per heavy atom. The second kappa shape index (κ2) is 11.2. The van der Waals surface area contributed by atoms with Crippen LogP contribution < -0.4 is 4.74 Å². The van der Waals surface area contributed by atoms with Crippen LogP contribution in [-0.2, 0) is 11.2 Å². The maximum absolute atomic E-state index is 10.8. The Morgan fingerprint density at radius 3 is 2.52 bits per heavy atom. The van der Waals surface area contributed by atoms with Crippen LogP contribution in [0.2, 0.25) is 5.02 Å². The zero-order valence-electron chi connectivity index (χ0n) is 15.0. The first-order valence-corrected chi connectivity index (χ1v) is 8.28. The van der Waals surface area contributed by atoms with E-state index in [4.69, 9.17) is 16.3 Å². The zero-order chi connectivity index (χ0) is 18.7. The van der Waals surface area contributed by atoms with Crippen LogP contribution in [0.4, 0.5) is 0 Å². The summed E-state index contributed by atoms with van der Waals surface area (Å²) >= 11 is 5.86. The van der Waals surface area contributed by atoms with Gasteiger partial charge in [-0.2, -0.15) is 0 Å². The molecule has 0 spiro atoms. The number of ketones is 1. The van der Waals surface area contributed by atoms with Crippen molar-refractivity contribution in [3.05, 3.63) is 70.9 Å².